The van der Waals surface area contributed by atoms with Crippen LogP contribution in [0, 0.1) is 11.3 Å². The van der Waals surface area contributed by atoms with Crippen LogP contribution >= 0.6 is 15.9 Å². The van der Waals surface area contributed by atoms with Crippen molar-refractivity contribution in [2.24, 2.45) is 11.3 Å². The average molecular weight is 312 g/mol. The Hall–Kier alpha value is -0.540. The van der Waals surface area contributed by atoms with Gasteiger partial charge >= 0.3 is 0 Å². The van der Waals surface area contributed by atoms with Crippen LogP contribution in [0.25, 0.3) is 0 Å². The molecule has 1 N–H and O–H groups in total. The monoisotopic (exact) mass is 311 g/mol. The van der Waals surface area contributed by atoms with Crippen LogP contribution in [0.15, 0.2) is 28.7 Å². The molecule has 2 nitrogen and oxygen atoms in total. The molecule has 3 heteroatoms. The van der Waals surface area contributed by atoms with Crippen LogP contribution in [0.3, 0.4) is 0 Å². The van der Waals surface area contributed by atoms with E-state index in [1.807, 2.05) is 24.3 Å². The zero-order valence-electron chi connectivity index (χ0n) is 11.2. The maximum Gasteiger partial charge on any atom is 0.120 e. The second-order valence-electron chi connectivity index (χ2n) is 5.76. The number of rotatable bonds is 6. The minimum atomic E-state index is 0.472. The van der Waals surface area contributed by atoms with Crippen molar-refractivity contribution >= 4 is 15.9 Å². The Bertz CT molecular complexity index is 388. The van der Waals surface area contributed by atoms with E-state index in [9.17, 15) is 0 Å². The van der Waals surface area contributed by atoms with E-state index in [-0.39, 0.29) is 0 Å². The molecular formula is C15H22BrNO. The van der Waals surface area contributed by atoms with Crippen LogP contribution in [0.2, 0.25) is 0 Å². The molecule has 1 fully saturated rings. The van der Waals surface area contributed by atoms with Gasteiger partial charge in [0.1, 0.15) is 5.75 Å². The third kappa shape index (κ3) is 3.72. The van der Waals surface area contributed by atoms with Crippen molar-refractivity contribution in [3.8, 4) is 5.75 Å². The van der Waals surface area contributed by atoms with E-state index in [1.54, 1.807) is 0 Å². The van der Waals surface area contributed by atoms with Crippen molar-refractivity contribution in [2.45, 2.75) is 26.7 Å². The first-order valence-electron chi connectivity index (χ1n) is 6.69. The van der Waals surface area contributed by atoms with Crippen molar-refractivity contribution in [1.29, 1.82) is 0 Å². The molecule has 1 heterocycles. The van der Waals surface area contributed by atoms with E-state index in [1.165, 1.54) is 6.42 Å². The third-order valence-corrected chi connectivity index (χ3v) is 4.03. The number of hydrogen-bond acceptors (Lipinski definition) is 2. The number of ether oxygens (including phenoxy) is 1. The lowest BCUT2D eigenvalue weighted by Crippen LogP contribution is -2.54. The molecule has 0 radical (unpaired) electrons. The topological polar surface area (TPSA) is 21.3 Å². The Morgan fingerprint density at radius 3 is 2.72 bits per heavy atom. The summed E-state index contributed by atoms with van der Waals surface area (Å²) in [5.41, 5.74) is 0.472. The summed E-state index contributed by atoms with van der Waals surface area (Å²) in [6.45, 7) is 7.70. The molecule has 0 spiro atoms. The molecule has 0 amide bonds. The lowest BCUT2D eigenvalue weighted by molar-refractivity contribution is 0.0941. The lowest BCUT2D eigenvalue weighted by atomic mass is 9.73. The van der Waals surface area contributed by atoms with Crippen molar-refractivity contribution in [3.05, 3.63) is 28.7 Å². The molecule has 100 valence electrons. The number of nitrogens with one attached hydrogen (secondary N) is 1. The second-order valence-corrected chi connectivity index (χ2v) is 6.67. The largest absolute Gasteiger partial charge is 0.494 e. The molecule has 2 rings (SSSR count). The molecule has 0 atom stereocenters. The maximum absolute atomic E-state index is 5.84. The Kier molecular flexibility index (Phi) is 4.68. The molecule has 0 bridgehead atoms. The average Bonchev–Trinajstić information content (AvgIpc) is 2.25. The summed E-state index contributed by atoms with van der Waals surface area (Å²) in [6, 6.07) is 8.06. The first-order chi connectivity index (χ1) is 8.60. The Morgan fingerprint density at radius 2 is 2.17 bits per heavy atom. The summed E-state index contributed by atoms with van der Waals surface area (Å²) in [6.07, 6.45) is 2.44. The molecule has 0 aromatic heterocycles. The summed E-state index contributed by atoms with van der Waals surface area (Å²) in [4.78, 5) is 0. The fourth-order valence-corrected chi connectivity index (χ4v) is 3.09. The minimum Gasteiger partial charge on any atom is -0.494 e. The van der Waals surface area contributed by atoms with Crippen LogP contribution in [-0.2, 0) is 0 Å². The molecule has 1 aliphatic heterocycles. The minimum absolute atomic E-state index is 0.472. The molecule has 18 heavy (non-hydrogen) atoms. The predicted molar refractivity (Wildman–Crippen MR) is 79.0 cm³/mol. The van der Waals surface area contributed by atoms with E-state index in [0.717, 1.165) is 42.3 Å². The van der Waals surface area contributed by atoms with E-state index < -0.39 is 0 Å². The summed E-state index contributed by atoms with van der Waals surface area (Å²) in [5, 5.41) is 3.40. The van der Waals surface area contributed by atoms with Gasteiger partial charge in [0.05, 0.1) is 6.61 Å². The summed E-state index contributed by atoms with van der Waals surface area (Å²) < 4.78 is 6.91. The molecular weight excluding hydrogens is 290 g/mol. The first kappa shape index (κ1) is 13.9. The van der Waals surface area contributed by atoms with Gasteiger partial charge in [0, 0.05) is 17.6 Å². The molecule has 1 aromatic rings. The van der Waals surface area contributed by atoms with Gasteiger partial charge in [0.2, 0.25) is 0 Å². The van der Waals surface area contributed by atoms with Crippen LogP contribution < -0.4 is 10.1 Å². The van der Waals surface area contributed by atoms with Gasteiger partial charge in [-0.2, -0.15) is 0 Å². The van der Waals surface area contributed by atoms with Crippen LogP contribution in [0.5, 0.6) is 5.75 Å². The summed E-state index contributed by atoms with van der Waals surface area (Å²) in [7, 11) is 0. The Labute approximate surface area is 118 Å². The van der Waals surface area contributed by atoms with Gasteiger partial charge in [-0.15, -0.1) is 0 Å². The molecule has 0 saturated carbocycles. The normalized spacial score (nSPS) is 17.6. The smallest absolute Gasteiger partial charge is 0.120 e. The standard InChI is InChI=1S/C15H22BrNO/c1-12(2)9-15(10-17-11-15)6-7-18-14-5-3-4-13(16)8-14/h3-5,8,12,17H,6-7,9-11H2,1-2H3. The van der Waals surface area contributed by atoms with Crippen LogP contribution in [0.1, 0.15) is 26.7 Å². The molecule has 1 aromatic carbocycles. The van der Waals surface area contributed by atoms with Crippen molar-refractivity contribution in [3.63, 3.8) is 0 Å². The lowest BCUT2D eigenvalue weighted by Gasteiger charge is -2.44. The molecule has 0 unspecified atom stereocenters. The molecule has 0 aliphatic carbocycles. The van der Waals surface area contributed by atoms with Gasteiger partial charge in [0.15, 0.2) is 0 Å². The number of hydrogen-bond donors (Lipinski definition) is 1. The molecule has 1 aliphatic rings. The fraction of sp³-hybridized carbons (Fsp3) is 0.600. The zero-order valence-corrected chi connectivity index (χ0v) is 12.8. The van der Waals surface area contributed by atoms with E-state index >= 15 is 0 Å². The highest BCUT2D eigenvalue weighted by atomic mass is 79.9. The van der Waals surface area contributed by atoms with Gasteiger partial charge < -0.3 is 10.1 Å². The van der Waals surface area contributed by atoms with E-state index in [2.05, 4.69) is 35.1 Å². The van der Waals surface area contributed by atoms with Crippen LogP contribution in [0.4, 0.5) is 0 Å². The Morgan fingerprint density at radius 1 is 1.39 bits per heavy atom. The highest BCUT2D eigenvalue weighted by Gasteiger charge is 2.36. The maximum atomic E-state index is 5.84. The number of benzene rings is 1. The fourth-order valence-electron chi connectivity index (χ4n) is 2.71. The Balaban J connectivity index is 1.80. The highest BCUT2D eigenvalue weighted by Crippen LogP contribution is 2.34. The summed E-state index contributed by atoms with van der Waals surface area (Å²) in [5.74, 6) is 1.72. The second kappa shape index (κ2) is 6.07. The van der Waals surface area contributed by atoms with E-state index in [0.29, 0.717) is 5.41 Å². The zero-order chi connectivity index (χ0) is 13.0. The predicted octanol–water partition coefficient (Wildman–Crippen LogP) is 3.85. The SMILES string of the molecule is CC(C)CC1(CCOc2cccc(Br)c2)CNC1. The van der Waals surface area contributed by atoms with Gasteiger partial charge in [-0.05, 0) is 42.4 Å². The highest BCUT2D eigenvalue weighted by molar-refractivity contribution is 9.10. The van der Waals surface area contributed by atoms with Crippen LogP contribution in [-0.4, -0.2) is 19.7 Å². The third-order valence-electron chi connectivity index (χ3n) is 3.54. The van der Waals surface area contributed by atoms with E-state index in [4.69, 9.17) is 4.74 Å². The van der Waals surface area contributed by atoms with Gasteiger partial charge in [-0.1, -0.05) is 35.8 Å². The van der Waals surface area contributed by atoms with Gasteiger partial charge in [-0.25, -0.2) is 0 Å². The van der Waals surface area contributed by atoms with Crippen molar-refractivity contribution in [2.75, 3.05) is 19.7 Å². The quantitative estimate of drug-likeness (QED) is 0.861. The summed E-state index contributed by atoms with van der Waals surface area (Å²) >= 11 is 3.46. The first-order valence-corrected chi connectivity index (χ1v) is 7.48. The van der Waals surface area contributed by atoms with Crippen molar-refractivity contribution in [1.82, 2.24) is 5.32 Å². The number of halogens is 1. The van der Waals surface area contributed by atoms with Crippen molar-refractivity contribution < 1.29 is 4.74 Å². The molecule has 1 saturated heterocycles. The van der Waals surface area contributed by atoms with Gasteiger partial charge in [-0.3, -0.25) is 0 Å². The van der Waals surface area contributed by atoms with Gasteiger partial charge in [0.25, 0.3) is 0 Å².